The number of hydrogen-bond acceptors (Lipinski definition) is 3. The standard InChI is InChI=1S/C13H25N3O2/c1-5-16-7-10(6-11(16)17)12(18)15(4)9-13(2,3)8-14/h10H,5-9,14H2,1-4H3. The maximum absolute atomic E-state index is 12.3. The van der Waals surface area contributed by atoms with Crippen molar-refractivity contribution in [3.05, 3.63) is 0 Å². The van der Waals surface area contributed by atoms with Crippen LogP contribution in [-0.4, -0.2) is 54.8 Å². The van der Waals surface area contributed by atoms with Gasteiger partial charge in [-0.05, 0) is 18.9 Å². The van der Waals surface area contributed by atoms with Crippen LogP contribution in [0, 0.1) is 11.3 Å². The van der Waals surface area contributed by atoms with Gasteiger partial charge in [-0.25, -0.2) is 0 Å². The number of carbonyl (C=O) groups is 2. The summed E-state index contributed by atoms with van der Waals surface area (Å²) < 4.78 is 0. The third-order valence-electron chi connectivity index (χ3n) is 3.54. The van der Waals surface area contributed by atoms with Crippen LogP contribution >= 0.6 is 0 Å². The number of nitrogens with zero attached hydrogens (tertiary/aromatic N) is 2. The van der Waals surface area contributed by atoms with Crippen LogP contribution < -0.4 is 5.73 Å². The quantitative estimate of drug-likeness (QED) is 0.768. The van der Waals surface area contributed by atoms with Crippen molar-refractivity contribution in [2.75, 3.05) is 33.2 Å². The first kappa shape index (κ1) is 15.0. The van der Waals surface area contributed by atoms with Gasteiger partial charge >= 0.3 is 0 Å². The second kappa shape index (κ2) is 5.69. The number of amides is 2. The van der Waals surface area contributed by atoms with Gasteiger partial charge < -0.3 is 15.5 Å². The maximum atomic E-state index is 12.3. The van der Waals surface area contributed by atoms with Crippen molar-refractivity contribution >= 4 is 11.8 Å². The predicted octanol–water partition coefficient (Wildman–Crippen LogP) is 0.298. The van der Waals surface area contributed by atoms with Crippen molar-refractivity contribution in [3.63, 3.8) is 0 Å². The van der Waals surface area contributed by atoms with E-state index in [0.717, 1.165) is 0 Å². The summed E-state index contributed by atoms with van der Waals surface area (Å²) >= 11 is 0. The third kappa shape index (κ3) is 3.45. The van der Waals surface area contributed by atoms with E-state index in [1.807, 2.05) is 20.8 Å². The predicted molar refractivity (Wildman–Crippen MR) is 70.8 cm³/mol. The van der Waals surface area contributed by atoms with Gasteiger partial charge in [0.05, 0.1) is 5.92 Å². The second-order valence-electron chi connectivity index (χ2n) is 5.90. The Labute approximate surface area is 109 Å². The molecule has 1 fully saturated rings. The fourth-order valence-corrected chi connectivity index (χ4v) is 2.34. The van der Waals surface area contributed by atoms with E-state index in [0.29, 0.717) is 32.6 Å². The smallest absolute Gasteiger partial charge is 0.227 e. The number of carbonyl (C=O) groups excluding carboxylic acids is 2. The Morgan fingerprint density at radius 3 is 2.61 bits per heavy atom. The van der Waals surface area contributed by atoms with E-state index in [-0.39, 0.29) is 23.1 Å². The minimum absolute atomic E-state index is 0.0563. The molecule has 1 atom stereocenters. The molecule has 2 amide bonds. The number of likely N-dealkylation sites (tertiary alicyclic amines) is 1. The summed E-state index contributed by atoms with van der Waals surface area (Å²) in [5.41, 5.74) is 5.59. The van der Waals surface area contributed by atoms with Crippen molar-refractivity contribution < 1.29 is 9.59 Å². The summed E-state index contributed by atoms with van der Waals surface area (Å²) in [4.78, 5) is 27.3. The molecule has 1 aliphatic rings. The van der Waals surface area contributed by atoms with Gasteiger partial charge in [0.2, 0.25) is 11.8 Å². The second-order valence-corrected chi connectivity index (χ2v) is 5.90. The van der Waals surface area contributed by atoms with E-state index < -0.39 is 0 Å². The Bertz CT molecular complexity index is 328. The number of rotatable bonds is 5. The van der Waals surface area contributed by atoms with Crippen LogP contribution in [0.1, 0.15) is 27.2 Å². The normalized spacial score (nSPS) is 20.4. The summed E-state index contributed by atoms with van der Waals surface area (Å²) in [5, 5.41) is 0. The number of hydrogen-bond donors (Lipinski definition) is 1. The molecule has 0 aromatic heterocycles. The average molecular weight is 255 g/mol. The first-order valence-electron chi connectivity index (χ1n) is 6.53. The van der Waals surface area contributed by atoms with Crippen LogP contribution in [0.4, 0.5) is 0 Å². The van der Waals surface area contributed by atoms with E-state index in [9.17, 15) is 9.59 Å². The molecular formula is C13H25N3O2. The fourth-order valence-electron chi connectivity index (χ4n) is 2.34. The molecule has 0 radical (unpaired) electrons. The molecule has 0 bridgehead atoms. The molecule has 0 aliphatic carbocycles. The molecule has 5 nitrogen and oxygen atoms in total. The summed E-state index contributed by atoms with van der Waals surface area (Å²) in [5.74, 6) is -0.0424. The third-order valence-corrected chi connectivity index (χ3v) is 3.54. The Balaban J connectivity index is 2.58. The van der Waals surface area contributed by atoms with Gasteiger partial charge in [-0.2, -0.15) is 0 Å². The zero-order valence-electron chi connectivity index (χ0n) is 11.9. The first-order chi connectivity index (χ1) is 8.30. The summed E-state index contributed by atoms with van der Waals surface area (Å²) in [7, 11) is 1.79. The van der Waals surface area contributed by atoms with Crippen molar-refractivity contribution in [1.29, 1.82) is 0 Å². The van der Waals surface area contributed by atoms with Crippen molar-refractivity contribution in [3.8, 4) is 0 Å². The summed E-state index contributed by atoms with van der Waals surface area (Å²) in [6.45, 7) is 8.41. The van der Waals surface area contributed by atoms with Crippen LogP contribution in [0.3, 0.4) is 0 Å². The molecule has 18 heavy (non-hydrogen) atoms. The van der Waals surface area contributed by atoms with Crippen LogP contribution in [0.5, 0.6) is 0 Å². The Morgan fingerprint density at radius 2 is 2.17 bits per heavy atom. The molecule has 104 valence electrons. The van der Waals surface area contributed by atoms with Crippen LogP contribution in [0.25, 0.3) is 0 Å². The average Bonchev–Trinajstić information content (AvgIpc) is 2.69. The van der Waals surface area contributed by atoms with E-state index in [1.54, 1.807) is 16.8 Å². The van der Waals surface area contributed by atoms with Crippen LogP contribution in [0.15, 0.2) is 0 Å². The Kier molecular flexibility index (Phi) is 4.73. The zero-order valence-corrected chi connectivity index (χ0v) is 11.9. The van der Waals surface area contributed by atoms with Gasteiger partial charge in [-0.3, -0.25) is 9.59 Å². The zero-order chi connectivity index (χ0) is 13.9. The molecular weight excluding hydrogens is 230 g/mol. The minimum atomic E-state index is -0.184. The highest BCUT2D eigenvalue weighted by Gasteiger charge is 2.35. The maximum Gasteiger partial charge on any atom is 0.227 e. The molecule has 1 rings (SSSR count). The lowest BCUT2D eigenvalue weighted by molar-refractivity contribution is -0.135. The van der Waals surface area contributed by atoms with Gasteiger partial charge in [0, 0.05) is 33.1 Å². The van der Waals surface area contributed by atoms with Gasteiger partial charge in [-0.1, -0.05) is 13.8 Å². The first-order valence-corrected chi connectivity index (χ1v) is 6.53. The molecule has 5 heteroatoms. The van der Waals surface area contributed by atoms with Crippen LogP contribution in [0.2, 0.25) is 0 Å². The molecule has 1 unspecified atom stereocenters. The Morgan fingerprint density at radius 1 is 1.56 bits per heavy atom. The summed E-state index contributed by atoms with van der Waals surface area (Å²) in [6.07, 6.45) is 0.347. The fraction of sp³-hybridized carbons (Fsp3) is 0.846. The minimum Gasteiger partial charge on any atom is -0.345 e. The van der Waals surface area contributed by atoms with Crippen molar-refractivity contribution in [2.24, 2.45) is 17.1 Å². The van der Waals surface area contributed by atoms with Crippen LogP contribution in [-0.2, 0) is 9.59 Å². The highest BCUT2D eigenvalue weighted by Crippen LogP contribution is 2.21. The Hall–Kier alpha value is -1.10. The van der Waals surface area contributed by atoms with Gasteiger partial charge in [0.15, 0.2) is 0 Å². The lowest BCUT2D eigenvalue weighted by atomic mass is 9.92. The lowest BCUT2D eigenvalue weighted by Crippen LogP contribution is -2.42. The largest absolute Gasteiger partial charge is 0.345 e. The highest BCUT2D eigenvalue weighted by atomic mass is 16.2. The topological polar surface area (TPSA) is 66.6 Å². The molecule has 0 saturated carbocycles. The molecule has 0 aromatic carbocycles. The van der Waals surface area contributed by atoms with Gasteiger partial charge in [0.1, 0.15) is 0 Å². The highest BCUT2D eigenvalue weighted by molar-refractivity contribution is 5.89. The SMILES string of the molecule is CCN1CC(C(=O)N(C)CC(C)(C)CN)CC1=O. The van der Waals surface area contributed by atoms with E-state index in [2.05, 4.69) is 0 Å². The van der Waals surface area contributed by atoms with Gasteiger partial charge in [0.25, 0.3) is 0 Å². The van der Waals surface area contributed by atoms with Gasteiger partial charge in [-0.15, -0.1) is 0 Å². The molecule has 1 aliphatic heterocycles. The van der Waals surface area contributed by atoms with E-state index in [4.69, 9.17) is 5.73 Å². The van der Waals surface area contributed by atoms with E-state index in [1.165, 1.54) is 0 Å². The molecule has 2 N–H and O–H groups in total. The summed E-state index contributed by atoms with van der Waals surface area (Å²) in [6, 6.07) is 0. The lowest BCUT2D eigenvalue weighted by Gasteiger charge is -2.30. The van der Waals surface area contributed by atoms with E-state index >= 15 is 0 Å². The molecule has 1 saturated heterocycles. The molecule has 0 spiro atoms. The molecule has 0 aromatic rings. The monoisotopic (exact) mass is 255 g/mol. The van der Waals surface area contributed by atoms with Crippen molar-refractivity contribution in [1.82, 2.24) is 9.80 Å². The number of nitrogens with two attached hydrogens (primary N) is 1. The van der Waals surface area contributed by atoms with Crippen molar-refractivity contribution in [2.45, 2.75) is 27.2 Å². The molecule has 1 heterocycles.